The van der Waals surface area contributed by atoms with Gasteiger partial charge in [0.05, 0.1) is 18.2 Å². The summed E-state index contributed by atoms with van der Waals surface area (Å²) in [6.07, 6.45) is 1.34. The topological polar surface area (TPSA) is 44.2 Å². The molecule has 0 spiro atoms. The summed E-state index contributed by atoms with van der Waals surface area (Å²) in [5, 5.41) is 0.984. The van der Waals surface area contributed by atoms with Crippen LogP contribution in [-0.2, 0) is 0 Å². The molecule has 6 heteroatoms. The minimum Gasteiger partial charge on any atom is -0.481 e. The monoisotopic (exact) mass is 270 g/mol. The van der Waals surface area contributed by atoms with Crippen molar-refractivity contribution in [3.8, 4) is 17.5 Å². The van der Waals surface area contributed by atoms with Crippen molar-refractivity contribution in [1.82, 2.24) is 9.97 Å². The van der Waals surface area contributed by atoms with Gasteiger partial charge in [-0.3, -0.25) is 0 Å². The Bertz CT molecular complexity index is 535. The van der Waals surface area contributed by atoms with Gasteiger partial charge in [-0.1, -0.05) is 23.2 Å². The molecule has 0 saturated carbocycles. The van der Waals surface area contributed by atoms with Crippen LogP contribution in [0.3, 0.4) is 0 Å². The minimum absolute atomic E-state index is 0.334. The van der Waals surface area contributed by atoms with Crippen molar-refractivity contribution in [2.24, 2.45) is 0 Å². The predicted molar refractivity (Wildman–Crippen MR) is 65.1 cm³/mol. The third-order valence-corrected chi connectivity index (χ3v) is 2.48. The molecular formula is C11H8Cl2N2O2. The molecule has 4 nitrogen and oxygen atoms in total. The van der Waals surface area contributed by atoms with Crippen LogP contribution < -0.4 is 9.47 Å². The summed E-state index contributed by atoms with van der Waals surface area (Å²) in [6, 6.07) is 6.49. The molecule has 88 valence electrons. The summed E-state index contributed by atoms with van der Waals surface area (Å²) >= 11 is 11.8. The van der Waals surface area contributed by atoms with Crippen molar-refractivity contribution in [3.05, 3.63) is 40.6 Å². The highest BCUT2D eigenvalue weighted by Crippen LogP contribution is 2.31. The fraction of sp³-hybridized carbons (Fsp3) is 0.0909. The molecule has 0 fully saturated rings. The number of rotatable bonds is 3. The van der Waals surface area contributed by atoms with Gasteiger partial charge in [0.2, 0.25) is 11.8 Å². The third kappa shape index (κ3) is 2.99. The largest absolute Gasteiger partial charge is 0.481 e. The first-order valence-electron chi connectivity index (χ1n) is 4.68. The highest BCUT2D eigenvalue weighted by molar-refractivity contribution is 6.34. The number of ether oxygens (including phenoxy) is 2. The van der Waals surface area contributed by atoms with E-state index in [0.717, 1.165) is 0 Å². The van der Waals surface area contributed by atoms with Gasteiger partial charge in [0, 0.05) is 11.1 Å². The van der Waals surface area contributed by atoms with Crippen LogP contribution >= 0.6 is 23.2 Å². The molecule has 2 aromatic rings. The fourth-order valence-corrected chi connectivity index (χ4v) is 1.48. The Hall–Kier alpha value is -1.52. The summed E-state index contributed by atoms with van der Waals surface area (Å²) in [6.45, 7) is 0. The van der Waals surface area contributed by atoms with Crippen LogP contribution in [0.25, 0.3) is 0 Å². The van der Waals surface area contributed by atoms with E-state index in [1.807, 2.05) is 0 Å². The first kappa shape index (κ1) is 12.0. The van der Waals surface area contributed by atoms with Crippen molar-refractivity contribution in [2.45, 2.75) is 0 Å². The highest BCUT2D eigenvalue weighted by Gasteiger charge is 2.06. The number of methoxy groups -OCH3 is 1. The van der Waals surface area contributed by atoms with Gasteiger partial charge in [-0.15, -0.1) is 0 Å². The van der Waals surface area contributed by atoms with Crippen molar-refractivity contribution in [3.63, 3.8) is 0 Å². The van der Waals surface area contributed by atoms with Crippen LogP contribution in [0.1, 0.15) is 0 Å². The smallest absolute Gasteiger partial charge is 0.226 e. The molecule has 0 atom stereocenters. The zero-order valence-electron chi connectivity index (χ0n) is 8.85. The van der Waals surface area contributed by atoms with Crippen LogP contribution in [0.15, 0.2) is 30.6 Å². The molecule has 1 heterocycles. The van der Waals surface area contributed by atoms with E-state index in [4.69, 9.17) is 32.7 Å². The van der Waals surface area contributed by atoms with E-state index < -0.39 is 0 Å². The maximum Gasteiger partial charge on any atom is 0.226 e. The number of hydrogen-bond acceptors (Lipinski definition) is 4. The standard InChI is InChI=1S/C11H8Cl2N2O2/c1-16-10-5-11(15-6-14-10)17-9-4-7(12)2-3-8(9)13/h2-6H,1H3. The average Bonchev–Trinajstić information content (AvgIpc) is 2.34. The second-order valence-electron chi connectivity index (χ2n) is 3.08. The Morgan fingerprint density at radius 2 is 1.82 bits per heavy atom. The van der Waals surface area contributed by atoms with Crippen LogP contribution in [0, 0.1) is 0 Å². The lowest BCUT2D eigenvalue weighted by Crippen LogP contribution is -1.92. The van der Waals surface area contributed by atoms with E-state index in [9.17, 15) is 0 Å². The fourth-order valence-electron chi connectivity index (χ4n) is 1.16. The van der Waals surface area contributed by atoms with Gasteiger partial charge < -0.3 is 9.47 Å². The summed E-state index contributed by atoms with van der Waals surface area (Å²) in [5.41, 5.74) is 0. The van der Waals surface area contributed by atoms with E-state index in [0.29, 0.717) is 27.6 Å². The quantitative estimate of drug-likeness (QED) is 0.855. The molecule has 0 aliphatic rings. The predicted octanol–water partition coefficient (Wildman–Crippen LogP) is 3.58. The molecule has 0 bridgehead atoms. The van der Waals surface area contributed by atoms with Crippen LogP contribution in [0.4, 0.5) is 0 Å². The summed E-state index contributed by atoms with van der Waals surface area (Å²) in [5.74, 6) is 1.18. The van der Waals surface area contributed by atoms with Gasteiger partial charge in [-0.2, -0.15) is 0 Å². The normalized spacial score (nSPS) is 10.1. The second kappa shape index (κ2) is 5.21. The van der Waals surface area contributed by atoms with Crippen molar-refractivity contribution in [1.29, 1.82) is 0 Å². The molecular weight excluding hydrogens is 263 g/mol. The Morgan fingerprint density at radius 3 is 2.59 bits per heavy atom. The molecule has 0 N–H and O–H groups in total. The minimum atomic E-state index is 0.334. The Kier molecular flexibility index (Phi) is 3.66. The van der Waals surface area contributed by atoms with E-state index in [2.05, 4.69) is 9.97 Å². The molecule has 1 aromatic carbocycles. The lowest BCUT2D eigenvalue weighted by molar-refractivity contribution is 0.388. The Balaban J connectivity index is 2.27. The number of benzene rings is 1. The lowest BCUT2D eigenvalue weighted by atomic mass is 10.3. The van der Waals surface area contributed by atoms with E-state index in [1.54, 1.807) is 24.3 Å². The van der Waals surface area contributed by atoms with Crippen LogP contribution in [-0.4, -0.2) is 17.1 Å². The van der Waals surface area contributed by atoms with Crippen LogP contribution in [0.2, 0.25) is 10.0 Å². The summed E-state index contributed by atoms with van der Waals surface area (Å²) < 4.78 is 10.4. The Labute approximate surface area is 108 Å². The zero-order chi connectivity index (χ0) is 12.3. The van der Waals surface area contributed by atoms with Gasteiger partial charge in [0.1, 0.15) is 12.1 Å². The van der Waals surface area contributed by atoms with E-state index in [-0.39, 0.29) is 0 Å². The molecule has 0 saturated heterocycles. The van der Waals surface area contributed by atoms with Gasteiger partial charge in [0.25, 0.3) is 0 Å². The number of halogens is 2. The van der Waals surface area contributed by atoms with E-state index in [1.165, 1.54) is 13.4 Å². The number of aromatic nitrogens is 2. The first-order valence-corrected chi connectivity index (χ1v) is 5.43. The average molecular weight is 271 g/mol. The van der Waals surface area contributed by atoms with Gasteiger partial charge in [0.15, 0.2) is 0 Å². The maximum absolute atomic E-state index is 5.96. The van der Waals surface area contributed by atoms with Crippen molar-refractivity contribution in [2.75, 3.05) is 7.11 Å². The molecule has 1 aromatic heterocycles. The maximum atomic E-state index is 5.96. The van der Waals surface area contributed by atoms with Crippen molar-refractivity contribution >= 4 is 23.2 Å². The molecule has 17 heavy (non-hydrogen) atoms. The molecule has 2 rings (SSSR count). The first-order chi connectivity index (χ1) is 8.19. The SMILES string of the molecule is COc1cc(Oc2cc(Cl)ccc2Cl)ncn1. The third-order valence-electron chi connectivity index (χ3n) is 1.93. The molecule has 0 aliphatic heterocycles. The van der Waals surface area contributed by atoms with Gasteiger partial charge >= 0.3 is 0 Å². The van der Waals surface area contributed by atoms with Crippen molar-refractivity contribution < 1.29 is 9.47 Å². The number of nitrogens with zero attached hydrogens (tertiary/aromatic N) is 2. The number of hydrogen-bond donors (Lipinski definition) is 0. The molecule has 0 unspecified atom stereocenters. The van der Waals surface area contributed by atoms with Crippen LogP contribution in [0.5, 0.6) is 17.5 Å². The van der Waals surface area contributed by atoms with Gasteiger partial charge in [-0.05, 0) is 12.1 Å². The summed E-state index contributed by atoms with van der Waals surface area (Å²) in [7, 11) is 1.51. The highest BCUT2D eigenvalue weighted by atomic mass is 35.5. The van der Waals surface area contributed by atoms with E-state index >= 15 is 0 Å². The lowest BCUT2D eigenvalue weighted by Gasteiger charge is -2.07. The second-order valence-corrected chi connectivity index (χ2v) is 3.92. The molecule has 0 aliphatic carbocycles. The summed E-state index contributed by atoms with van der Waals surface area (Å²) in [4.78, 5) is 7.81. The van der Waals surface area contributed by atoms with Gasteiger partial charge in [-0.25, -0.2) is 9.97 Å². The Morgan fingerprint density at radius 1 is 1.06 bits per heavy atom. The molecule has 0 amide bonds. The molecule has 0 radical (unpaired) electrons. The zero-order valence-corrected chi connectivity index (χ0v) is 10.4.